The number of carbonyl (C=O) groups is 6. The Balaban J connectivity index is 0.000000293. The molecule has 18 nitrogen and oxygen atoms in total. The largest absolute Gasteiger partial charge is 0.494 e. The maximum Gasteiger partial charge on any atom is 0.343 e. The lowest BCUT2D eigenvalue weighted by molar-refractivity contribution is -0.139. The van der Waals surface area contributed by atoms with Crippen molar-refractivity contribution in [2.24, 2.45) is 20.5 Å². The van der Waals surface area contributed by atoms with Crippen molar-refractivity contribution in [1.82, 2.24) is 0 Å². The second kappa shape index (κ2) is 46.8. The molecule has 105 heavy (non-hydrogen) atoms. The minimum Gasteiger partial charge on any atom is -0.494 e. The first kappa shape index (κ1) is 80.6. The molecule has 8 rings (SSSR count). The molecule has 0 spiro atoms. The molecule has 0 aliphatic heterocycles. The van der Waals surface area contributed by atoms with E-state index in [4.69, 9.17) is 37.9 Å². The summed E-state index contributed by atoms with van der Waals surface area (Å²) in [5, 5.41) is 17.1. The summed E-state index contributed by atoms with van der Waals surface area (Å²) in [6, 6.07) is 56.2. The Morgan fingerprint density at radius 2 is 0.610 bits per heavy atom. The molecule has 0 saturated heterocycles. The van der Waals surface area contributed by atoms with E-state index in [1.165, 1.54) is 43.9 Å². The Morgan fingerprint density at radius 3 is 0.924 bits per heavy atom. The van der Waals surface area contributed by atoms with Gasteiger partial charge in [-0.15, -0.1) is 0 Å². The Bertz CT molecular complexity index is 4110. The molecule has 0 saturated carbocycles. The van der Waals surface area contributed by atoms with Gasteiger partial charge in [0.05, 0.1) is 73.5 Å². The van der Waals surface area contributed by atoms with Crippen LogP contribution in [-0.4, -0.2) is 75.1 Å². The van der Waals surface area contributed by atoms with Gasteiger partial charge < -0.3 is 37.9 Å². The number of allylic oxidation sites excluding steroid dienone is 2. The van der Waals surface area contributed by atoms with E-state index in [9.17, 15) is 28.8 Å². The molecule has 0 aliphatic carbocycles. The number of hydrogen-bond donors (Lipinski definition) is 0. The molecular weight excluding hydrogens is 1320 g/mol. The Labute approximate surface area is 616 Å². The summed E-state index contributed by atoms with van der Waals surface area (Å²) in [5.74, 6) is 1.84. The van der Waals surface area contributed by atoms with E-state index in [0.717, 1.165) is 111 Å². The maximum absolute atomic E-state index is 12.7. The van der Waals surface area contributed by atoms with Gasteiger partial charge >= 0.3 is 23.9 Å². The number of rotatable bonds is 44. The number of carbonyl (C=O) groups excluding carboxylic acids is 6. The Hall–Kier alpha value is -11.7. The van der Waals surface area contributed by atoms with E-state index < -0.39 is 11.9 Å². The lowest BCUT2D eigenvalue weighted by atomic mass is 10.1. The van der Waals surface area contributed by atoms with Crippen LogP contribution in [0.15, 0.2) is 252 Å². The van der Waals surface area contributed by atoms with Gasteiger partial charge in [0, 0.05) is 22.8 Å². The van der Waals surface area contributed by atoms with Crippen molar-refractivity contribution < 1.29 is 66.7 Å². The van der Waals surface area contributed by atoms with Crippen molar-refractivity contribution in [3.05, 3.63) is 264 Å². The molecule has 0 aliphatic rings. The highest BCUT2D eigenvalue weighted by atomic mass is 16.5. The quantitative estimate of drug-likeness (QED) is 0.00865. The number of ketones is 2. The summed E-state index contributed by atoms with van der Waals surface area (Å²) in [6.07, 6.45) is 24.1. The third kappa shape index (κ3) is 31.6. The van der Waals surface area contributed by atoms with Crippen LogP contribution in [0.5, 0.6) is 34.5 Å². The van der Waals surface area contributed by atoms with Gasteiger partial charge in [0.2, 0.25) is 0 Å². The predicted molar refractivity (Wildman–Crippen MR) is 411 cm³/mol. The molecule has 8 aromatic carbocycles. The monoisotopic (exact) mass is 1420 g/mol. The molecule has 546 valence electrons. The molecule has 0 bridgehead atoms. The number of unbranched alkanes of at least 4 members (excludes halogenated alkanes) is 12. The number of azo groups is 2. The number of ether oxygens (including phenoxy) is 8. The molecule has 0 heterocycles. The summed E-state index contributed by atoms with van der Waals surface area (Å²) in [4.78, 5) is 73.1. The van der Waals surface area contributed by atoms with Gasteiger partial charge in [-0.1, -0.05) is 102 Å². The lowest BCUT2D eigenvalue weighted by Crippen LogP contribution is -2.08. The van der Waals surface area contributed by atoms with Crippen molar-refractivity contribution in [2.75, 3.05) is 39.6 Å². The number of esters is 4. The van der Waals surface area contributed by atoms with Gasteiger partial charge in [-0.05, 0) is 264 Å². The SMILES string of the molecule is C=C(C)C(=O)OCCCCCCOc1ccc(N=Nc2ccc(C(=O)Oc3ccc(/C=C/C(=O)c4ccc(OCCCCCC)cc4)cc3)cc2)cc1.C=CC(=O)OCCCCCCOc1ccc(N=Nc2ccc(C(=O)Oc3ccc(/C=C/C(=O)c4ccc(OCCCCCC)cc4)cc3)cc2)cc1. The highest BCUT2D eigenvalue weighted by Gasteiger charge is 2.13. The second-order valence-electron chi connectivity index (χ2n) is 24.5. The molecule has 0 radical (unpaired) electrons. The third-order valence-electron chi connectivity index (χ3n) is 15.9. The average Bonchev–Trinajstić information content (AvgIpc) is 1.60. The van der Waals surface area contributed by atoms with Crippen molar-refractivity contribution in [3.8, 4) is 34.5 Å². The van der Waals surface area contributed by atoms with Crippen LogP contribution in [0.4, 0.5) is 22.7 Å². The van der Waals surface area contributed by atoms with E-state index in [1.54, 1.807) is 140 Å². The van der Waals surface area contributed by atoms with Crippen LogP contribution in [0.25, 0.3) is 12.2 Å². The van der Waals surface area contributed by atoms with Crippen molar-refractivity contribution in [2.45, 2.75) is 124 Å². The highest BCUT2D eigenvalue weighted by Crippen LogP contribution is 2.27. The summed E-state index contributed by atoms with van der Waals surface area (Å²) in [6.45, 7) is 16.3. The molecular formula is C87H94N4O14. The first-order valence-electron chi connectivity index (χ1n) is 35.9. The molecule has 18 heteroatoms. The van der Waals surface area contributed by atoms with Crippen LogP contribution in [-0.2, 0) is 19.1 Å². The standard InChI is InChI=1S/C44H48N2O7.C43H46N2O7/c1-4-5-6-9-30-50-39-25-17-35(18-26-39)42(47)29-14-34-12-23-41(24-13-34)53-44(49)36-15-19-37(20-16-36)45-46-38-21-27-40(28-22-38)51-31-10-7-8-11-32-52-43(48)33(2)3;1-3-5-6-9-30-49-38-25-17-34(18-26-38)41(46)29-14-33-12-23-40(24-13-33)52-43(48)35-15-19-36(20-16-35)44-45-37-21-27-39(28-22-37)50-31-10-7-8-11-32-51-42(47)4-2/h12-29H,2,4-11,30-32H2,1,3H3;4,12-29H,2-3,5-11,30-32H2,1H3/b29-14+,46-45?;29-14+,45-44?. The van der Waals surface area contributed by atoms with Crippen molar-refractivity contribution in [3.63, 3.8) is 0 Å². The van der Waals surface area contributed by atoms with E-state index in [-0.39, 0.29) is 23.5 Å². The van der Waals surface area contributed by atoms with Crippen LogP contribution in [0.2, 0.25) is 0 Å². The molecule has 8 aromatic rings. The molecule has 0 aromatic heterocycles. The molecule has 0 fully saturated rings. The number of nitrogens with zero attached hydrogens (tertiary/aromatic N) is 4. The fourth-order valence-electron chi connectivity index (χ4n) is 9.82. The number of benzene rings is 8. The summed E-state index contributed by atoms with van der Waals surface area (Å²) in [5.41, 5.74) is 6.42. The third-order valence-corrected chi connectivity index (χ3v) is 15.9. The van der Waals surface area contributed by atoms with Crippen LogP contribution in [0, 0.1) is 0 Å². The van der Waals surface area contributed by atoms with Gasteiger partial charge in [0.1, 0.15) is 34.5 Å². The van der Waals surface area contributed by atoms with Crippen LogP contribution in [0.1, 0.15) is 176 Å². The lowest BCUT2D eigenvalue weighted by Gasteiger charge is -2.07. The summed E-state index contributed by atoms with van der Waals surface area (Å²) >= 11 is 0. The van der Waals surface area contributed by atoms with Crippen molar-refractivity contribution >= 4 is 70.3 Å². The van der Waals surface area contributed by atoms with Gasteiger partial charge in [-0.25, -0.2) is 19.2 Å². The maximum atomic E-state index is 12.7. The minimum absolute atomic E-state index is 0.113. The topological polar surface area (TPSA) is 226 Å². The Morgan fingerprint density at radius 1 is 0.333 bits per heavy atom. The van der Waals surface area contributed by atoms with Gasteiger partial charge in [0.25, 0.3) is 0 Å². The second-order valence-corrected chi connectivity index (χ2v) is 24.5. The molecule has 0 unspecified atom stereocenters. The zero-order chi connectivity index (χ0) is 74.5. The predicted octanol–water partition coefficient (Wildman–Crippen LogP) is 22.1. The van der Waals surface area contributed by atoms with Crippen LogP contribution in [0.3, 0.4) is 0 Å². The fraction of sp³-hybridized carbons (Fsp3) is 0.287. The zero-order valence-electron chi connectivity index (χ0n) is 60.3. The Kier molecular flexibility index (Phi) is 35.9. The first-order chi connectivity index (χ1) is 51.2. The number of hydrogen-bond acceptors (Lipinski definition) is 18. The average molecular weight is 1420 g/mol. The van der Waals surface area contributed by atoms with E-state index >= 15 is 0 Å². The molecule has 0 atom stereocenters. The van der Waals surface area contributed by atoms with Gasteiger partial charge in [0.15, 0.2) is 11.6 Å². The molecule has 0 amide bonds. The first-order valence-corrected chi connectivity index (χ1v) is 35.9. The summed E-state index contributed by atoms with van der Waals surface area (Å²) in [7, 11) is 0. The van der Waals surface area contributed by atoms with Gasteiger partial charge in [-0.2, -0.15) is 20.5 Å². The highest BCUT2D eigenvalue weighted by molar-refractivity contribution is 6.07. The van der Waals surface area contributed by atoms with Crippen LogP contribution < -0.4 is 28.4 Å². The fourth-order valence-corrected chi connectivity index (χ4v) is 9.82. The summed E-state index contributed by atoms with van der Waals surface area (Å²) < 4.78 is 44.2. The van der Waals surface area contributed by atoms with Gasteiger partial charge in [-0.3, -0.25) is 9.59 Å². The van der Waals surface area contributed by atoms with E-state index in [2.05, 4.69) is 47.5 Å². The smallest absolute Gasteiger partial charge is 0.343 e. The van der Waals surface area contributed by atoms with E-state index in [1.807, 2.05) is 72.8 Å². The van der Waals surface area contributed by atoms with Crippen LogP contribution >= 0.6 is 0 Å². The normalized spacial score (nSPS) is 11.0. The van der Waals surface area contributed by atoms with E-state index in [0.29, 0.717) is 102 Å². The molecule has 0 N–H and O–H groups in total. The minimum atomic E-state index is -0.500. The van der Waals surface area contributed by atoms with Crippen molar-refractivity contribution in [1.29, 1.82) is 0 Å². The zero-order valence-corrected chi connectivity index (χ0v) is 60.3.